The van der Waals surface area contributed by atoms with Crippen LogP contribution in [0.1, 0.15) is 30.0 Å². The molecule has 1 heterocycles. The van der Waals surface area contributed by atoms with Crippen LogP contribution in [0.15, 0.2) is 42.5 Å². The lowest BCUT2D eigenvalue weighted by molar-refractivity contribution is 0.247. The van der Waals surface area contributed by atoms with Gasteiger partial charge in [-0.1, -0.05) is 12.1 Å². The van der Waals surface area contributed by atoms with E-state index >= 15 is 0 Å². The van der Waals surface area contributed by atoms with Gasteiger partial charge in [-0.3, -0.25) is 4.90 Å². The van der Waals surface area contributed by atoms with E-state index in [9.17, 15) is 13.2 Å². The molecule has 0 aliphatic carbocycles. The van der Waals surface area contributed by atoms with Crippen molar-refractivity contribution < 1.29 is 13.2 Å². The maximum Gasteiger partial charge on any atom is 0.126 e. The van der Waals surface area contributed by atoms with Crippen LogP contribution in [0.3, 0.4) is 0 Å². The fourth-order valence-corrected chi connectivity index (χ4v) is 3.04. The van der Waals surface area contributed by atoms with Gasteiger partial charge < -0.3 is 0 Å². The molecule has 1 aliphatic rings. The van der Waals surface area contributed by atoms with Crippen LogP contribution in [0, 0.1) is 17.5 Å². The molecule has 1 nitrogen and oxygen atoms in total. The molecule has 2 aromatic carbocycles. The second kappa shape index (κ2) is 5.90. The maximum atomic E-state index is 13.4. The highest BCUT2D eigenvalue weighted by molar-refractivity contribution is 5.23. The van der Waals surface area contributed by atoms with Crippen molar-refractivity contribution in [3.63, 3.8) is 0 Å². The van der Waals surface area contributed by atoms with Crippen molar-refractivity contribution in [1.82, 2.24) is 4.90 Å². The van der Waals surface area contributed by atoms with Gasteiger partial charge in [0.15, 0.2) is 0 Å². The smallest absolute Gasteiger partial charge is 0.126 e. The summed E-state index contributed by atoms with van der Waals surface area (Å²) in [4.78, 5) is 2.14. The van der Waals surface area contributed by atoms with Gasteiger partial charge in [0.2, 0.25) is 0 Å². The SMILES string of the molecule is Fc1cc(F)cc(CN2CCCC2c2cccc(F)c2)c1. The van der Waals surface area contributed by atoms with Gasteiger partial charge in [-0.15, -0.1) is 0 Å². The first-order chi connectivity index (χ1) is 10.1. The molecule has 2 aromatic rings. The Morgan fingerprint density at radius 3 is 2.43 bits per heavy atom. The summed E-state index contributed by atoms with van der Waals surface area (Å²) in [5, 5.41) is 0. The lowest BCUT2D eigenvalue weighted by Crippen LogP contribution is -2.23. The molecule has 4 heteroatoms. The summed E-state index contributed by atoms with van der Waals surface area (Å²) in [6.07, 6.45) is 1.93. The number of likely N-dealkylation sites (tertiary alicyclic amines) is 1. The number of rotatable bonds is 3. The number of benzene rings is 2. The van der Waals surface area contributed by atoms with Crippen molar-refractivity contribution >= 4 is 0 Å². The summed E-state index contributed by atoms with van der Waals surface area (Å²) >= 11 is 0. The van der Waals surface area contributed by atoms with Crippen LogP contribution in [0.25, 0.3) is 0 Å². The van der Waals surface area contributed by atoms with Crippen LogP contribution < -0.4 is 0 Å². The molecule has 0 N–H and O–H groups in total. The zero-order chi connectivity index (χ0) is 14.8. The van der Waals surface area contributed by atoms with Gasteiger partial charge in [-0.2, -0.15) is 0 Å². The first-order valence-electron chi connectivity index (χ1n) is 7.06. The zero-order valence-electron chi connectivity index (χ0n) is 11.5. The molecule has 0 amide bonds. The van der Waals surface area contributed by atoms with Gasteiger partial charge in [0.1, 0.15) is 17.5 Å². The van der Waals surface area contributed by atoms with Crippen molar-refractivity contribution in [2.75, 3.05) is 6.54 Å². The molecule has 0 aromatic heterocycles. The van der Waals surface area contributed by atoms with Crippen molar-refractivity contribution in [3.8, 4) is 0 Å². The topological polar surface area (TPSA) is 3.24 Å². The van der Waals surface area contributed by atoms with E-state index in [1.165, 1.54) is 24.3 Å². The Labute approximate surface area is 122 Å². The average molecular weight is 291 g/mol. The summed E-state index contributed by atoms with van der Waals surface area (Å²) in [5.74, 6) is -1.38. The van der Waals surface area contributed by atoms with E-state index in [-0.39, 0.29) is 11.9 Å². The van der Waals surface area contributed by atoms with E-state index in [0.29, 0.717) is 12.1 Å². The number of nitrogens with zero attached hydrogens (tertiary/aromatic N) is 1. The van der Waals surface area contributed by atoms with Crippen LogP contribution in [0.4, 0.5) is 13.2 Å². The third kappa shape index (κ3) is 3.27. The Morgan fingerprint density at radius 1 is 0.952 bits per heavy atom. The minimum absolute atomic E-state index is 0.104. The van der Waals surface area contributed by atoms with E-state index < -0.39 is 11.6 Å². The number of hydrogen-bond donors (Lipinski definition) is 0. The van der Waals surface area contributed by atoms with E-state index in [0.717, 1.165) is 31.0 Å². The predicted molar refractivity (Wildman–Crippen MR) is 75.1 cm³/mol. The first kappa shape index (κ1) is 14.1. The second-order valence-electron chi connectivity index (χ2n) is 5.46. The summed E-state index contributed by atoms with van der Waals surface area (Å²) in [5.41, 5.74) is 1.53. The van der Waals surface area contributed by atoms with E-state index in [2.05, 4.69) is 4.90 Å². The first-order valence-corrected chi connectivity index (χ1v) is 7.06. The van der Waals surface area contributed by atoms with E-state index in [1.54, 1.807) is 6.07 Å². The Morgan fingerprint density at radius 2 is 1.71 bits per heavy atom. The predicted octanol–water partition coefficient (Wildman–Crippen LogP) is 4.44. The molecule has 0 radical (unpaired) electrons. The van der Waals surface area contributed by atoms with Crippen molar-refractivity contribution in [3.05, 3.63) is 71.0 Å². The summed E-state index contributed by atoms with van der Waals surface area (Å²) in [6, 6.07) is 10.2. The highest BCUT2D eigenvalue weighted by Gasteiger charge is 2.26. The van der Waals surface area contributed by atoms with E-state index in [4.69, 9.17) is 0 Å². The van der Waals surface area contributed by atoms with Gasteiger partial charge in [-0.25, -0.2) is 13.2 Å². The Bertz CT molecular complexity index is 621. The molecule has 0 bridgehead atoms. The van der Waals surface area contributed by atoms with Gasteiger partial charge in [-0.05, 0) is 54.8 Å². The monoisotopic (exact) mass is 291 g/mol. The van der Waals surface area contributed by atoms with Crippen molar-refractivity contribution in [1.29, 1.82) is 0 Å². The Hall–Kier alpha value is -1.81. The standard InChI is InChI=1S/C17H16F3N/c18-14-4-1-3-13(9-14)17-5-2-6-21(17)11-12-7-15(19)10-16(20)8-12/h1,3-4,7-10,17H,2,5-6,11H2. The minimum atomic E-state index is -0.563. The van der Waals surface area contributed by atoms with Gasteiger partial charge in [0, 0.05) is 18.7 Å². The van der Waals surface area contributed by atoms with Crippen molar-refractivity contribution in [2.45, 2.75) is 25.4 Å². The lowest BCUT2D eigenvalue weighted by Gasteiger charge is -2.25. The molecule has 1 unspecified atom stereocenters. The fraction of sp³-hybridized carbons (Fsp3) is 0.294. The molecule has 1 fully saturated rings. The molecule has 21 heavy (non-hydrogen) atoms. The molecule has 0 spiro atoms. The van der Waals surface area contributed by atoms with Crippen molar-refractivity contribution in [2.24, 2.45) is 0 Å². The molecule has 1 saturated heterocycles. The quantitative estimate of drug-likeness (QED) is 0.808. The normalized spacial score (nSPS) is 19.1. The molecule has 1 atom stereocenters. The molecular weight excluding hydrogens is 275 g/mol. The minimum Gasteiger partial charge on any atom is -0.292 e. The van der Waals surface area contributed by atoms with Gasteiger partial charge in [0.05, 0.1) is 0 Å². The summed E-state index contributed by atoms with van der Waals surface area (Å²) in [7, 11) is 0. The van der Waals surface area contributed by atoms with Crippen LogP contribution in [-0.2, 0) is 6.54 Å². The van der Waals surface area contributed by atoms with Crippen LogP contribution in [0.2, 0.25) is 0 Å². The van der Waals surface area contributed by atoms with Crippen LogP contribution >= 0.6 is 0 Å². The molecule has 1 aliphatic heterocycles. The average Bonchev–Trinajstić information content (AvgIpc) is 2.85. The fourth-order valence-electron chi connectivity index (χ4n) is 3.04. The highest BCUT2D eigenvalue weighted by atomic mass is 19.1. The highest BCUT2D eigenvalue weighted by Crippen LogP contribution is 2.33. The third-order valence-electron chi connectivity index (χ3n) is 3.91. The molecule has 110 valence electrons. The van der Waals surface area contributed by atoms with Gasteiger partial charge in [0.25, 0.3) is 0 Å². The Kier molecular flexibility index (Phi) is 3.97. The summed E-state index contributed by atoms with van der Waals surface area (Å²) in [6.45, 7) is 1.31. The molecular formula is C17H16F3N. The zero-order valence-corrected chi connectivity index (χ0v) is 11.5. The number of halogens is 3. The van der Waals surface area contributed by atoms with Gasteiger partial charge >= 0.3 is 0 Å². The van der Waals surface area contributed by atoms with Crippen LogP contribution in [0.5, 0.6) is 0 Å². The molecule has 0 saturated carbocycles. The van der Waals surface area contributed by atoms with Crippen LogP contribution in [-0.4, -0.2) is 11.4 Å². The molecule has 3 rings (SSSR count). The van der Waals surface area contributed by atoms with E-state index in [1.807, 2.05) is 6.07 Å². The summed E-state index contributed by atoms with van der Waals surface area (Å²) < 4.78 is 39.9. The maximum absolute atomic E-state index is 13.4. The third-order valence-corrected chi connectivity index (χ3v) is 3.91. The largest absolute Gasteiger partial charge is 0.292 e. The second-order valence-corrected chi connectivity index (χ2v) is 5.46. The number of hydrogen-bond acceptors (Lipinski definition) is 1. The lowest BCUT2D eigenvalue weighted by atomic mass is 10.0. The Balaban J connectivity index is 1.81.